The van der Waals surface area contributed by atoms with Crippen molar-refractivity contribution in [3.8, 4) is 0 Å². The number of nitrogens with two attached hydrogens (primary N) is 1. The predicted molar refractivity (Wildman–Crippen MR) is 79.3 cm³/mol. The van der Waals surface area contributed by atoms with Crippen molar-refractivity contribution in [3.05, 3.63) is 57.8 Å². The molecule has 0 atom stereocenters. The van der Waals surface area contributed by atoms with Crippen molar-refractivity contribution in [1.29, 1.82) is 0 Å². The molecule has 0 amide bonds. The molecule has 94 valence electrons. The first kappa shape index (κ1) is 13.4. The number of thioether (sulfide) groups is 1. The van der Waals surface area contributed by atoms with Gasteiger partial charge in [-0.3, -0.25) is 0 Å². The largest absolute Gasteiger partial charge is 0.398 e. The molecule has 0 aliphatic carbocycles. The van der Waals surface area contributed by atoms with E-state index in [-0.39, 0.29) is 5.82 Å². The Morgan fingerprint density at radius 2 is 2.06 bits per heavy atom. The SMILES string of the molecule is Cc1c(N)cccc1SCc1cc(F)ccc1Br. The van der Waals surface area contributed by atoms with Gasteiger partial charge in [-0.2, -0.15) is 0 Å². The summed E-state index contributed by atoms with van der Waals surface area (Å²) in [7, 11) is 0. The van der Waals surface area contributed by atoms with E-state index >= 15 is 0 Å². The van der Waals surface area contributed by atoms with Crippen LogP contribution in [0.25, 0.3) is 0 Å². The van der Waals surface area contributed by atoms with Gasteiger partial charge in [0.1, 0.15) is 5.82 Å². The van der Waals surface area contributed by atoms with Gasteiger partial charge in [0.15, 0.2) is 0 Å². The summed E-state index contributed by atoms with van der Waals surface area (Å²) >= 11 is 5.09. The normalized spacial score (nSPS) is 10.6. The lowest BCUT2D eigenvalue weighted by Gasteiger charge is -2.09. The Morgan fingerprint density at radius 1 is 1.28 bits per heavy atom. The second kappa shape index (κ2) is 5.76. The van der Waals surface area contributed by atoms with Gasteiger partial charge < -0.3 is 5.73 Å². The molecule has 0 saturated heterocycles. The van der Waals surface area contributed by atoms with Crippen molar-refractivity contribution in [2.75, 3.05) is 5.73 Å². The third-order valence-electron chi connectivity index (χ3n) is 2.72. The minimum Gasteiger partial charge on any atom is -0.398 e. The lowest BCUT2D eigenvalue weighted by molar-refractivity contribution is 0.626. The number of hydrogen-bond donors (Lipinski definition) is 1. The molecular formula is C14H13BrFNS. The van der Waals surface area contributed by atoms with E-state index in [0.29, 0.717) is 5.75 Å². The zero-order chi connectivity index (χ0) is 13.1. The minimum atomic E-state index is -0.210. The summed E-state index contributed by atoms with van der Waals surface area (Å²) in [6.07, 6.45) is 0. The standard InChI is InChI=1S/C14H13BrFNS/c1-9-13(17)3-2-4-14(9)18-8-10-7-11(16)5-6-12(10)15/h2-7H,8,17H2,1H3. The van der Waals surface area contributed by atoms with Gasteiger partial charge >= 0.3 is 0 Å². The molecule has 2 N–H and O–H groups in total. The zero-order valence-corrected chi connectivity index (χ0v) is 12.3. The van der Waals surface area contributed by atoms with Crippen molar-refractivity contribution in [2.24, 2.45) is 0 Å². The molecule has 1 nitrogen and oxygen atoms in total. The number of anilines is 1. The van der Waals surface area contributed by atoms with E-state index in [1.807, 2.05) is 25.1 Å². The van der Waals surface area contributed by atoms with Gasteiger partial charge in [0.05, 0.1) is 0 Å². The lowest BCUT2D eigenvalue weighted by atomic mass is 10.2. The highest BCUT2D eigenvalue weighted by atomic mass is 79.9. The van der Waals surface area contributed by atoms with Gasteiger partial charge in [-0.1, -0.05) is 22.0 Å². The van der Waals surface area contributed by atoms with Gasteiger partial charge in [0.2, 0.25) is 0 Å². The summed E-state index contributed by atoms with van der Waals surface area (Å²) in [5.41, 5.74) is 8.68. The molecular weight excluding hydrogens is 313 g/mol. The van der Waals surface area contributed by atoms with Crippen LogP contribution in [0.4, 0.5) is 10.1 Å². The fraction of sp³-hybridized carbons (Fsp3) is 0.143. The molecule has 18 heavy (non-hydrogen) atoms. The number of rotatable bonds is 3. The van der Waals surface area contributed by atoms with Crippen LogP contribution in [0.5, 0.6) is 0 Å². The summed E-state index contributed by atoms with van der Waals surface area (Å²) in [4.78, 5) is 1.13. The fourth-order valence-corrected chi connectivity index (χ4v) is 3.23. The van der Waals surface area contributed by atoms with E-state index in [2.05, 4.69) is 15.9 Å². The zero-order valence-electron chi connectivity index (χ0n) is 9.91. The van der Waals surface area contributed by atoms with E-state index in [4.69, 9.17) is 5.73 Å². The van der Waals surface area contributed by atoms with Crippen LogP contribution in [0.3, 0.4) is 0 Å². The molecule has 2 aromatic carbocycles. The average molecular weight is 326 g/mol. The van der Waals surface area contributed by atoms with Gasteiger partial charge in [-0.05, 0) is 48.4 Å². The second-order valence-electron chi connectivity index (χ2n) is 3.99. The average Bonchev–Trinajstić information content (AvgIpc) is 2.35. The Balaban J connectivity index is 2.16. The summed E-state index contributed by atoms with van der Waals surface area (Å²) in [6.45, 7) is 2.00. The molecule has 0 fully saturated rings. The Bertz CT molecular complexity index is 570. The highest BCUT2D eigenvalue weighted by molar-refractivity contribution is 9.10. The highest BCUT2D eigenvalue weighted by Crippen LogP contribution is 2.31. The monoisotopic (exact) mass is 325 g/mol. The predicted octanol–water partition coefficient (Wildman–Crippen LogP) is 4.77. The van der Waals surface area contributed by atoms with E-state index in [9.17, 15) is 4.39 Å². The molecule has 0 aliphatic heterocycles. The third kappa shape index (κ3) is 3.06. The molecule has 0 bridgehead atoms. The highest BCUT2D eigenvalue weighted by Gasteiger charge is 2.06. The fourth-order valence-electron chi connectivity index (χ4n) is 1.60. The molecule has 0 spiro atoms. The maximum atomic E-state index is 13.2. The van der Waals surface area contributed by atoms with Crippen molar-refractivity contribution in [2.45, 2.75) is 17.6 Å². The first-order valence-electron chi connectivity index (χ1n) is 5.50. The summed E-state index contributed by atoms with van der Waals surface area (Å²) < 4.78 is 14.1. The van der Waals surface area contributed by atoms with Crippen molar-refractivity contribution >= 4 is 33.4 Å². The van der Waals surface area contributed by atoms with Crippen LogP contribution >= 0.6 is 27.7 Å². The minimum absolute atomic E-state index is 0.210. The van der Waals surface area contributed by atoms with Crippen LogP contribution < -0.4 is 5.73 Å². The quantitative estimate of drug-likeness (QED) is 0.649. The molecule has 0 unspecified atom stereocenters. The van der Waals surface area contributed by atoms with E-state index in [1.54, 1.807) is 23.9 Å². The van der Waals surface area contributed by atoms with Gasteiger partial charge in [0.25, 0.3) is 0 Å². The van der Waals surface area contributed by atoms with Crippen molar-refractivity contribution < 1.29 is 4.39 Å². The van der Waals surface area contributed by atoms with E-state index in [0.717, 1.165) is 26.2 Å². The van der Waals surface area contributed by atoms with Crippen LogP contribution in [0.2, 0.25) is 0 Å². The van der Waals surface area contributed by atoms with Crippen LogP contribution in [-0.2, 0) is 5.75 Å². The summed E-state index contributed by atoms with van der Waals surface area (Å²) in [6, 6.07) is 10.6. The van der Waals surface area contributed by atoms with Crippen molar-refractivity contribution in [3.63, 3.8) is 0 Å². The molecule has 0 saturated carbocycles. The maximum absolute atomic E-state index is 13.2. The summed E-state index contributed by atoms with van der Waals surface area (Å²) in [5.74, 6) is 0.501. The lowest BCUT2D eigenvalue weighted by Crippen LogP contribution is -1.91. The van der Waals surface area contributed by atoms with Crippen LogP contribution in [-0.4, -0.2) is 0 Å². The van der Waals surface area contributed by atoms with Crippen LogP contribution in [0.1, 0.15) is 11.1 Å². The molecule has 0 aliphatic rings. The van der Waals surface area contributed by atoms with Gasteiger partial charge in [-0.15, -0.1) is 11.8 Å². The number of benzene rings is 2. The second-order valence-corrected chi connectivity index (χ2v) is 5.87. The van der Waals surface area contributed by atoms with Crippen LogP contribution in [0.15, 0.2) is 45.8 Å². The van der Waals surface area contributed by atoms with E-state index in [1.165, 1.54) is 6.07 Å². The topological polar surface area (TPSA) is 26.0 Å². The summed E-state index contributed by atoms with van der Waals surface area (Å²) in [5, 5.41) is 0. The smallest absolute Gasteiger partial charge is 0.123 e. The molecule has 2 rings (SSSR count). The Hall–Kier alpha value is -1.00. The first-order valence-corrected chi connectivity index (χ1v) is 7.27. The van der Waals surface area contributed by atoms with Gasteiger partial charge in [-0.25, -0.2) is 4.39 Å². The first-order chi connectivity index (χ1) is 8.58. The molecule has 0 radical (unpaired) electrons. The van der Waals surface area contributed by atoms with Crippen LogP contribution in [0, 0.1) is 12.7 Å². The van der Waals surface area contributed by atoms with Crippen molar-refractivity contribution in [1.82, 2.24) is 0 Å². The Kier molecular flexibility index (Phi) is 4.30. The Morgan fingerprint density at radius 3 is 2.83 bits per heavy atom. The number of halogens is 2. The van der Waals surface area contributed by atoms with E-state index < -0.39 is 0 Å². The molecule has 0 heterocycles. The number of hydrogen-bond acceptors (Lipinski definition) is 2. The maximum Gasteiger partial charge on any atom is 0.123 e. The number of nitrogen functional groups attached to an aromatic ring is 1. The molecule has 2 aromatic rings. The Labute approximate surface area is 119 Å². The molecule has 4 heteroatoms. The molecule has 0 aromatic heterocycles. The third-order valence-corrected chi connectivity index (χ3v) is 4.70. The van der Waals surface area contributed by atoms with Gasteiger partial charge in [0, 0.05) is 20.8 Å².